The fourth-order valence-corrected chi connectivity index (χ4v) is 2.81. The first-order chi connectivity index (χ1) is 10.3. The summed E-state index contributed by atoms with van der Waals surface area (Å²) in [5, 5.41) is 5.83. The number of carbonyl (C=O) groups is 1. The monoisotopic (exact) mass is 377 g/mol. The first-order valence-electron chi connectivity index (χ1n) is 6.77. The summed E-state index contributed by atoms with van der Waals surface area (Å²) in [6.07, 6.45) is 0. The first-order valence-corrected chi connectivity index (χ1v) is 7.76. The molecule has 1 amide bonds. The van der Waals surface area contributed by atoms with E-state index in [-0.39, 0.29) is 22.9 Å². The molecule has 0 fully saturated rings. The number of aliphatic imine (C=N–C) groups is 1. The summed E-state index contributed by atoms with van der Waals surface area (Å²) in [7, 11) is 0. The summed E-state index contributed by atoms with van der Waals surface area (Å²) in [4.78, 5) is 16.3. The highest BCUT2D eigenvalue weighted by Gasteiger charge is 2.19. The zero-order valence-corrected chi connectivity index (χ0v) is 14.2. The lowest BCUT2D eigenvalue weighted by Crippen LogP contribution is -3.00. The molecule has 22 heavy (non-hydrogen) atoms. The van der Waals surface area contributed by atoms with Gasteiger partial charge < -0.3 is 22.3 Å². The summed E-state index contributed by atoms with van der Waals surface area (Å²) in [6.45, 7) is 0.566. The third kappa shape index (κ3) is 4.43. The molecule has 1 aliphatic heterocycles. The van der Waals surface area contributed by atoms with E-state index in [1.54, 1.807) is 0 Å². The van der Waals surface area contributed by atoms with E-state index in [9.17, 15) is 4.79 Å². The Morgan fingerprint density at radius 2 is 1.82 bits per heavy atom. The van der Waals surface area contributed by atoms with Crippen molar-refractivity contribution in [3.05, 3.63) is 60.2 Å². The molecule has 0 bridgehead atoms. The molecule has 2 aromatic rings. The molecule has 0 aromatic heterocycles. The molecule has 4 nitrogen and oxygen atoms in total. The van der Waals surface area contributed by atoms with Gasteiger partial charge in [0.2, 0.25) is 5.91 Å². The second kappa shape index (κ2) is 8.12. The van der Waals surface area contributed by atoms with Gasteiger partial charge in [0, 0.05) is 12.6 Å². The zero-order chi connectivity index (χ0) is 14.5. The van der Waals surface area contributed by atoms with Crippen molar-refractivity contribution in [3.63, 3.8) is 0 Å². The summed E-state index contributed by atoms with van der Waals surface area (Å²) in [6, 6.07) is 17.9. The highest BCUT2D eigenvalue weighted by Crippen LogP contribution is 2.25. The minimum Gasteiger partial charge on any atom is -1.00 e. The van der Waals surface area contributed by atoms with Crippen LogP contribution in [0.5, 0.6) is 0 Å². The topological polar surface area (TPSA) is 58.1 Å². The number of carbonyl (C=O) groups excluding carboxylic acids is 1. The predicted octanol–water partition coefficient (Wildman–Crippen LogP) is -1.06. The van der Waals surface area contributed by atoms with Crippen molar-refractivity contribution in [3.8, 4) is 0 Å². The zero-order valence-electron chi connectivity index (χ0n) is 11.8. The Balaban J connectivity index is 0.00000176. The number of nitrogens with zero attached hydrogens (tertiary/aromatic N) is 1. The molecule has 114 valence electrons. The normalized spacial score (nSPS) is 12.1. The van der Waals surface area contributed by atoms with Crippen molar-refractivity contribution in [1.82, 2.24) is 5.32 Å². The van der Waals surface area contributed by atoms with Crippen molar-refractivity contribution in [1.29, 1.82) is 0 Å². The lowest BCUT2D eigenvalue weighted by molar-refractivity contribution is -0.432. The summed E-state index contributed by atoms with van der Waals surface area (Å²) in [5.41, 5.74) is 3.20. The van der Waals surface area contributed by atoms with Gasteiger partial charge in [-0.05, 0) is 23.4 Å². The fourth-order valence-electron chi connectivity index (χ4n) is 2.06. The molecule has 3 N–H and O–H groups in total. The number of nitrogens with two attached hydrogens (primary N) is 1. The molecule has 0 spiro atoms. The molecule has 2 aromatic carbocycles. The fraction of sp³-hybridized carbons (Fsp3) is 0.125. The van der Waals surface area contributed by atoms with Crippen LogP contribution in [-0.4, -0.2) is 16.8 Å². The Kier molecular flexibility index (Phi) is 6.18. The second-order valence-electron chi connectivity index (χ2n) is 4.70. The van der Waals surface area contributed by atoms with E-state index in [0.717, 1.165) is 22.1 Å². The Morgan fingerprint density at radius 3 is 2.59 bits per heavy atom. The van der Waals surface area contributed by atoms with Gasteiger partial charge in [-0.1, -0.05) is 42.5 Å². The number of hydrogen-bond acceptors (Lipinski definition) is 3. The number of amidine groups is 1. The number of hydrogen-bond donors (Lipinski definition) is 2. The van der Waals surface area contributed by atoms with Crippen LogP contribution in [-0.2, 0) is 11.3 Å². The van der Waals surface area contributed by atoms with E-state index in [2.05, 4.69) is 10.3 Å². The number of para-hydroxylation sites is 2. The molecule has 1 aliphatic rings. The molecule has 0 radical (unpaired) electrons. The average molecular weight is 378 g/mol. The van der Waals surface area contributed by atoms with Crippen molar-refractivity contribution >= 4 is 34.2 Å². The summed E-state index contributed by atoms with van der Waals surface area (Å²) >= 11 is 1.47. The van der Waals surface area contributed by atoms with E-state index >= 15 is 0 Å². The van der Waals surface area contributed by atoms with Crippen molar-refractivity contribution in [2.24, 2.45) is 4.99 Å². The highest BCUT2D eigenvalue weighted by molar-refractivity contribution is 8.13. The average Bonchev–Trinajstić information content (AvgIpc) is 2.95. The van der Waals surface area contributed by atoms with Gasteiger partial charge in [0.05, 0.1) is 5.75 Å². The van der Waals surface area contributed by atoms with Gasteiger partial charge in [-0.15, -0.1) is 0 Å². The molecular formula is C16H16BrN3OS. The maximum atomic E-state index is 11.8. The van der Waals surface area contributed by atoms with Gasteiger partial charge >= 0.3 is 0 Å². The number of quaternary nitrogens is 1. The number of rotatable bonds is 4. The second-order valence-corrected chi connectivity index (χ2v) is 5.70. The van der Waals surface area contributed by atoms with Gasteiger partial charge in [-0.25, -0.2) is 0 Å². The third-order valence-corrected chi connectivity index (χ3v) is 4.04. The van der Waals surface area contributed by atoms with Crippen LogP contribution in [0, 0.1) is 0 Å². The molecule has 3 rings (SSSR count). The Labute approximate surface area is 144 Å². The molecule has 0 unspecified atom stereocenters. The summed E-state index contributed by atoms with van der Waals surface area (Å²) in [5.74, 6) is 0.409. The van der Waals surface area contributed by atoms with E-state index < -0.39 is 0 Å². The standard InChI is InChI=1S/C16H15N3OS.BrH/c20-15(17-10-12-6-2-1-3-7-12)11-21-16-18-13-8-4-5-9-14(13)19-16;/h1-9H,10-11H2,(H,17,20)(H,18,19);1H. The third-order valence-electron chi connectivity index (χ3n) is 3.13. The molecule has 0 aliphatic carbocycles. The van der Waals surface area contributed by atoms with Crippen LogP contribution in [0.15, 0.2) is 59.6 Å². The highest BCUT2D eigenvalue weighted by atomic mass is 79.9. The first kappa shape index (κ1) is 16.7. The van der Waals surface area contributed by atoms with Gasteiger partial charge in [-0.3, -0.25) is 10.1 Å². The number of fused-ring (bicyclic) bond motifs is 1. The summed E-state index contributed by atoms with van der Waals surface area (Å²) < 4.78 is 0. The van der Waals surface area contributed by atoms with E-state index in [1.807, 2.05) is 59.9 Å². The van der Waals surface area contributed by atoms with Crippen molar-refractivity contribution in [2.45, 2.75) is 6.54 Å². The number of amides is 1. The maximum absolute atomic E-state index is 11.8. The lowest BCUT2D eigenvalue weighted by Gasteiger charge is -2.04. The van der Waals surface area contributed by atoms with Crippen LogP contribution >= 0.6 is 11.8 Å². The quantitative estimate of drug-likeness (QED) is 0.667. The number of thioether (sulfide) groups is 1. The van der Waals surface area contributed by atoms with Crippen LogP contribution in [0.2, 0.25) is 0 Å². The molecular weight excluding hydrogens is 362 g/mol. The van der Waals surface area contributed by atoms with Gasteiger partial charge in [-0.2, -0.15) is 4.99 Å². The van der Waals surface area contributed by atoms with Gasteiger partial charge in [0.1, 0.15) is 5.69 Å². The van der Waals surface area contributed by atoms with Crippen LogP contribution in [0.1, 0.15) is 5.56 Å². The van der Waals surface area contributed by atoms with E-state index in [1.165, 1.54) is 11.8 Å². The van der Waals surface area contributed by atoms with Crippen LogP contribution < -0.4 is 27.6 Å². The molecule has 0 saturated heterocycles. The lowest BCUT2D eigenvalue weighted by atomic mass is 10.2. The molecule has 0 atom stereocenters. The molecule has 0 saturated carbocycles. The maximum Gasteiger partial charge on any atom is 0.266 e. The Bertz CT molecular complexity index is 676. The predicted molar refractivity (Wildman–Crippen MR) is 85.9 cm³/mol. The minimum absolute atomic E-state index is 0. The Morgan fingerprint density at radius 1 is 1.09 bits per heavy atom. The molecule has 1 heterocycles. The van der Waals surface area contributed by atoms with Crippen LogP contribution in [0.25, 0.3) is 0 Å². The van der Waals surface area contributed by atoms with Crippen LogP contribution in [0.3, 0.4) is 0 Å². The number of nitrogens with one attached hydrogen (secondary N) is 1. The molecule has 6 heteroatoms. The number of halogens is 1. The van der Waals surface area contributed by atoms with Gasteiger partial charge in [0.25, 0.3) is 5.17 Å². The van der Waals surface area contributed by atoms with E-state index in [0.29, 0.717) is 12.3 Å². The largest absolute Gasteiger partial charge is 1.00 e. The Hall–Kier alpha value is -1.63. The van der Waals surface area contributed by atoms with Crippen molar-refractivity contribution < 1.29 is 27.1 Å². The van der Waals surface area contributed by atoms with Crippen LogP contribution in [0.4, 0.5) is 11.4 Å². The van der Waals surface area contributed by atoms with E-state index in [4.69, 9.17) is 0 Å². The number of benzene rings is 2. The van der Waals surface area contributed by atoms with Gasteiger partial charge in [0.15, 0.2) is 5.69 Å². The minimum atomic E-state index is 0. The smallest absolute Gasteiger partial charge is 0.266 e. The van der Waals surface area contributed by atoms with Crippen molar-refractivity contribution in [2.75, 3.05) is 5.75 Å². The SMILES string of the molecule is O=C(CSC1=Nc2ccccc2[NH2+]1)NCc1ccccc1.[Br-].